The minimum atomic E-state index is -1.14. The quantitative estimate of drug-likeness (QED) is 0.834. The lowest BCUT2D eigenvalue weighted by Gasteiger charge is -2.16. The van der Waals surface area contributed by atoms with Gasteiger partial charge < -0.3 is 19.3 Å². The smallest absolute Gasteiger partial charge is 0.344 e. The molecule has 1 rings (SSSR count). The van der Waals surface area contributed by atoms with Gasteiger partial charge in [-0.1, -0.05) is 11.6 Å². The van der Waals surface area contributed by atoms with E-state index in [0.29, 0.717) is 0 Å². The second-order valence-electron chi connectivity index (χ2n) is 3.58. The molecule has 0 aliphatic carbocycles. The van der Waals surface area contributed by atoms with Crippen LogP contribution in [-0.4, -0.2) is 37.4 Å². The maximum Gasteiger partial charge on any atom is 0.344 e. The number of rotatable bonds is 5. The van der Waals surface area contributed by atoms with E-state index in [1.807, 2.05) is 0 Å². The Morgan fingerprint density at radius 2 is 1.95 bits per heavy atom. The molecule has 1 N–H and O–H groups in total. The van der Waals surface area contributed by atoms with E-state index < -0.39 is 18.0 Å². The maximum absolute atomic E-state index is 11.4. The van der Waals surface area contributed by atoms with E-state index >= 15 is 0 Å². The molecule has 0 saturated heterocycles. The molecule has 0 heterocycles. The van der Waals surface area contributed by atoms with Gasteiger partial charge in [-0.25, -0.2) is 9.59 Å². The molecule has 6 nitrogen and oxygen atoms in total. The van der Waals surface area contributed by atoms with Crippen LogP contribution in [0.4, 0.5) is 0 Å². The Labute approximate surface area is 114 Å². The van der Waals surface area contributed by atoms with Gasteiger partial charge in [0, 0.05) is 0 Å². The Bertz CT molecular complexity index is 499. The van der Waals surface area contributed by atoms with E-state index in [4.69, 9.17) is 26.2 Å². The van der Waals surface area contributed by atoms with Gasteiger partial charge in [0.05, 0.1) is 24.8 Å². The molecule has 104 valence electrons. The molecule has 7 heteroatoms. The molecule has 1 unspecified atom stereocenters. The number of carboxylic acids is 1. The van der Waals surface area contributed by atoms with Crippen molar-refractivity contribution in [2.75, 3.05) is 14.2 Å². The van der Waals surface area contributed by atoms with Crippen LogP contribution >= 0.6 is 11.6 Å². The third-order valence-electron chi connectivity index (χ3n) is 2.29. The largest absolute Gasteiger partial charge is 0.493 e. The van der Waals surface area contributed by atoms with Gasteiger partial charge in [0.15, 0.2) is 17.6 Å². The van der Waals surface area contributed by atoms with E-state index in [1.54, 1.807) is 0 Å². The van der Waals surface area contributed by atoms with Crippen molar-refractivity contribution < 1.29 is 28.9 Å². The molecule has 0 fully saturated rings. The predicted molar refractivity (Wildman–Crippen MR) is 67.1 cm³/mol. The monoisotopic (exact) mass is 288 g/mol. The number of carboxylic acid groups (broad SMARTS) is 1. The van der Waals surface area contributed by atoms with E-state index in [9.17, 15) is 9.59 Å². The highest BCUT2D eigenvalue weighted by molar-refractivity contribution is 6.32. The normalized spacial score (nSPS) is 11.6. The van der Waals surface area contributed by atoms with Gasteiger partial charge in [0.25, 0.3) is 0 Å². The first-order valence-electron chi connectivity index (χ1n) is 5.26. The van der Waals surface area contributed by atoms with Gasteiger partial charge in [0.2, 0.25) is 0 Å². The zero-order chi connectivity index (χ0) is 14.6. The molecular formula is C12H13ClO6. The minimum Gasteiger partial charge on any atom is -0.493 e. The molecule has 0 spiro atoms. The van der Waals surface area contributed by atoms with Crippen LogP contribution in [0.15, 0.2) is 12.1 Å². The van der Waals surface area contributed by atoms with Gasteiger partial charge in [-0.05, 0) is 19.1 Å². The average molecular weight is 289 g/mol. The standard InChI is InChI=1S/C12H13ClO6/c1-6(11(14)15)19-10-8(13)4-7(12(16)18-3)5-9(10)17-2/h4-6H,1-3H3,(H,14,15). The number of carbonyl (C=O) groups excluding carboxylic acids is 1. The van der Waals surface area contributed by atoms with Gasteiger partial charge >= 0.3 is 11.9 Å². The number of esters is 1. The molecule has 0 amide bonds. The number of halogens is 1. The first kappa shape index (κ1) is 15.1. The summed E-state index contributed by atoms with van der Waals surface area (Å²) >= 11 is 5.96. The zero-order valence-corrected chi connectivity index (χ0v) is 11.4. The SMILES string of the molecule is COC(=O)c1cc(Cl)c(OC(C)C(=O)O)c(OC)c1. The van der Waals surface area contributed by atoms with Crippen LogP contribution in [0.1, 0.15) is 17.3 Å². The summed E-state index contributed by atoms with van der Waals surface area (Å²) in [5.74, 6) is -1.51. The Morgan fingerprint density at radius 1 is 1.32 bits per heavy atom. The first-order chi connectivity index (χ1) is 8.90. The van der Waals surface area contributed by atoms with Crippen molar-refractivity contribution in [3.05, 3.63) is 22.7 Å². The highest BCUT2D eigenvalue weighted by atomic mass is 35.5. The van der Waals surface area contributed by atoms with Crippen LogP contribution < -0.4 is 9.47 Å². The van der Waals surface area contributed by atoms with Crippen molar-refractivity contribution >= 4 is 23.5 Å². The van der Waals surface area contributed by atoms with Crippen molar-refractivity contribution in [3.8, 4) is 11.5 Å². The third-order valence-corrected chi connectivity index (χ3v) is 2.57. The van der Waals surface area contributed by atoms with E-state index in [2.05, 4.69) is 4.74 Å². The predicted octanol–water partition coefficient (Wildman–Crippen LogP) is 1.99. The fourth-order valence-corrected chi connectivity index (χ4v) is 1.55. The molecule has 0 aromatic heterocycles. The van der Waals surface area contributed by atoms with Crippen molar-refractivity contribution in [2.24, 2.45) is 0 Å². The third kappa shape index (κ3) is 3.51. The molecule has 0 radical (unpaired) electrons. The van der Waals surface area contributed by atoms with Crippen molar-refractivity contribution in [1.82, 2.24) is 0 Å². The first-order valence-corrected chi connectivity index (χ1v) is 5.63. The lowest BCUT2D eigenvalue weighted by atomic mass is 10.2. The lowest BCUT2D eigenvalue weighted by molar-refractivity contribution is -0.144. The second kappa shape index (κ2) is 6.29. The van der Waals surface area contributed by atoms with E-state index in [-0.39, 0.29) is 22.1 Å². The fraction of sp³-hybridized carbons (Fsp3) is 0.333. The van der Waals surface area contributed by atoms with Crippen LogP contribution in [0.2, 0.25) is 5.02 Å². The number of carbonyl (C=O) groups is 2. The second-order valence-corrected chi connectivity index (χ2v) is 3.99. The minimum absolute atomic E-state index is 0.0618. The fourth-order valence-electron chi connectivity index (χ4n) is 1.30. The molecule has 0 aliphatic heterocycles. The number of benzene rings is 1. The number of methoxy groups -OCH3 is 2. The van der Waals surface area contributed by atoms with Crippen LogP contribution in [0.5, 0.6) is 11.5 Å². The highest BCUT2D eigenvalue weighted by Crippen LogP contribution is 2.37. The number of aliphatic carboxylic acids is 1. The van der Waals surface area contributed by atoms with Crippen molar-refractivity contribution in [3.63, 3.8) is 0 Å². The average Bonchev–Trinajstić information content (AvgIpc) is 2.39. The van der Waals surface area contributed by atoms with Gasteiger partial charge in [-0.15, -0.1) is 0 Å². The Balaban J connectivity index is 3.18. The molecule has 0 saturated carbocycles. The molecule has 19 heavy (non-hydrogen) atoms. The van der Waals surface area contributed by atoms with Gasteiger partial charge in [-0.2, -0.15) is 0 Å². The molecule has 1 atom stereocenters. The van der Waals surface area contributed by atoms with Crippen LogP contribution in [0, 0.1) is 0 Å². The van der Waals surface area contributed by atoms with Gasteiger partial charge in [0.1, 0.15) is 0 Å². The lowest BCUT2D eigenvalue weighted by Crippen LogP contribution is -2.23. The van der Waals surface area contributed by atoms with E-state index in [1.165, 1.54) is 33.3 Å². The topological polar surface area (TPSA) is 82.1 Å². The van der Waals surface area contributed by atoms with Gasteiger partial charge in [-0.3, -0.25) is 0 Å². The Kier molecular flexibility index (Phi) is 5.00. The number of hydrogen-bond acceptors (Lipinski definition) is 5. The zero-order valence-electron chi connectivity index (χ0n) is 10.6. The summed E-state index contributed by atoms with van der Waals surface area (Å²) in [4.78, 5) is 22.2. The molecule has 1 aromatic rings. The number of ether oxygens (including phenoxy) is 3. The maximum atomic E-state index is 11.4. The summed E-state index contributed by atoms with van der Waals surface area (Å²) < 4.78 is 14.8. The highest BCUT2D eigenvalue weighted by Gasteiger charge is 2.20. The summed E-state index contributed by atoms with van der Waals surface area (Å²) in [5.41, 5.74) is 0.180. The summed E-state index contributed by atoms with van der Waals surface area (Å²) in [7, 11) is 2.59. The van der Waals surface area contributed by atoms with E-state index in [0.717, 1.165) is 0 Å². The Hall–Kier alpha value is -1.95. The summed E-state index contributed by atoms with van der Waals surface area (Å²) in [6.07, 6.45) is -1.10. The molecule has 0 aliphatic rings. The van der Waals surface area contributed by atoms with Crippen LogP contribution in [0.25, 0.3) is 0 Å². The van der Waals surface area contributed by atoms with Crippen molar-refractivity contribution in [2.45, 2.75) is 13.0 Å². The van der Waals surface area contributed by atoms with Crippen molar-refractivity contribution in [1.29, 1.82) is 0 Å². The molecule has 0 bridgehead atoms. The molecule has 1 aromatic carbocycles. The molecular weight excluding hydrogens is 276 g/mol. The Morgan fingerprint density at radius 3 is 2.42 bits per heavy atom. The summed E-state index contributed by atoms with van der Waals surface area (Å²) in [6.45, 7) is 1.35. The number of hydrogen-bond donors (Lipinski definition) is 1. The summed E-state index contributed by atoms with van der Waals surface area (Å²) in [6, 6.07) is 2.68. The van der Waals surface area contributed by atoms with Crippen LogP contribution in [0.3, 0.4) is 0 Å². The summed E-state index contributed by atoms with van der Waals surface area (Å²) in [5, 5.41) is 8.86. The van der Waals surface area contributed by atoms with Crippen LogP contribution in [-0.2, 0) is 9.53 Å².